The molecule has 0 bridgehead atoms. The van der Waals surface area contributed by atoms with Crippen molar-refractivity contribution < 1.29 is 0 Å². The Hall–Kier alpha value is 0.310. The van der Waals surface area contributed by atoms with Gasteiger partial charge in [0.25, 0.3) is 0 Å². The quantitative estimate of drug-likeness (QED) is 0.641. The minimum absolute atomic E-state index is 0.699. The van der Waals surface area contributed by atoms with Crippen molar-refractivity contribution in [2.75, 3.05) is 25.6 Å². The molecule has 1 nitrogen and oxygen atoms in total. The second kappa shape index (κ2) is 5.13. The fourth-order valence-electron chi connectivity index (χ4n) is 2.16. The SMILES string of the molecule is CNCC1(CCCSC)CCC1. The molecule has 0 aromatic rings. The van der Waals surface area contributed by atoms with Crippen LogP contribution in [0.3, 0.4) is 0 Å². The zero-order valence-electron chi connectivity index (χ0n) is 8.36. The molecule has 1 aliphatic rings. The van der Waals surface area contributed by atoms with Gasteiger partial charge < -0.3 is 5.32 Å². The van der Waals surface area contributed by atoms with Gasteiger partial charge in [0.05, 0.1) is 0 Å². The Morgan fingerprint density at radius 1 is 1.42 bits per heavy atom. The predicted octanol–water partition coefficient (Wildman–Crippen LogP) is 2.52. The molecule has 1 fully saturated rings. The molecule has 0 aliphatic heterocycles. The zero-order valence-corrected chi connectivity index (χ0v) is 9.17. The van der Waals surface area contributed by atoms with Crippen LogP contribution in [-0.2, 0) is 0 Å². The van der Waals surface area contributed by atoms with Crippen LogP contribution in [0.2, 0.25) is 0 Å². The van der Waals surface area contributed by atoms with Crippen molar-refractivity contribution in [1.82, 2.24) is 5.32 Å². The van der Waals surface area contributed by atoms with Crippen LogP contribution in [0.4, 0.5) is 0 Å². The van der Waals surface area contributed by atoms with Crippen molar-refractivity contribution in [3.8, 4) is 0 Å². The number of thioether (sulfide) groups is 1. The molecule has 0 aromatic heterocycles. The Labute approximate surface area is 80.7 Å². The van der Waals surface area contributed by atoms with Crippen LogP contribution >= 0.6 is 11.8 Å². The van der Waals surface area contributed by atoms with E-state index in [0.717, 1.165) is 0 Å². The van der Waals surface area contributed by atoms with E-state index in [4.69, 9.17) is 0 Å². The van der Waals surface area contributed by atoms with Gasteiger partial charge in [0.1, 0.15) is 0 Å². The maximum atomic E-state index is 3.33. The summed E-state index contributed by atoms with van der Waals surface area (Å²) in [6.45, 7) is 1.24. The molecule has 0 heterocycles. The summed E-state index contributed by atoms with van der Waals surface area (Å²) in [5.41, 5.74) is 0.699. The Bertz CT molecular complexity index is 121. The van der Waals surface area contributed by atoms with Gasteiger partial charge in [0, 0.05) is 6.54 Å². The number of rotatable bonds is 6. The second-order valence-electron chi connectivity index (χ2n) is 3.98. The van der Waals surface area contributed by atoms with Crippen LogP contribution in [0, 0.1) is 5.41 Å². The molecule has 0 aromatic carbocycles. The van der Waals surface area contributed by atoms with Gasteiger partial charge in [0.2, 0.25) is 0 Å². The molecule has 1 saturated carbocycles. The van der Waals surface area contributed by atoms with Gasteiger partial charge in [-0.25, -0.2) is 0 Å². The first-order valence-corrected chi connectivity index (χ1v) is 6.36. The smallest absolute Gasteiger partial charge is 0.000481 e. The van der Waals surface area contributed by atoms with Gasteiger partial charge in [-0.3, -0.25) is 0 Å². The normalized spacial score (nSPS) is 20.5. The number of nitrogens with one attached hydrogen (secondary N) is 1. The predicted molar refractivity (Wildman–Crippen MR) is 57.8 cm³/mol. The Kier molecular flexibility index (Phi) is 4.44. The molecular weight excluding hydrogens is 166 g/mol. The van der Waals surface area contributed by atoms with Gasteiger partial charge in [-0.05, 0) is 50.2 Å². The van der Waals surface area contributed by atoms with Gasteiger partial charge in [-0.1, -0.05) is 6.42 Å². The molecule has 0 unspecified atom stereocenters. The lowest BCUT2D eigenvalue weighted by Crippen LogP contribution is -2.38. The van der Waals surface area contributed by atoms with E-state index < -0.39 is 0 Å². The van der Waals surface area contributed by atoms with E-state index in [-0.39, 0.29) is 0 Å². The minimum atomic E-state index is 0.699. The lowest BCUT2D eigenvalue weighted by Gasteiger charge is -2.42. The standard InChI is InChI=1S/C10H21NS/c1-11-9-10(5-3-6-10)7-4-8-12-2/h11H,3-9H2,1-2H3. The molecule has 2 heteroatoms. The lowest BCUT2D eigenvalue weighted by atomic mass is 9.66. The van der Waals surface area contributed by atoms with Crippen molar-refractivity contribution in [2.45, 2.75) is 32.1 Å². The van der Waals surface area contributed by atoms with E-state index in [1.807, 2.05) is 11.8 Å². The fraction of sp³-hybridized carbons (Fsp3) is 1.00. The second-order valence-corrected chi connectivity index (χ2v) is 4.97. The molecule has 72 valence electrons. The van der Waals surface area contributed by atoms with Gasteiger partial charge in [-0.2, -0.15) is 11.8 Å². The van der Waals surface area contributed by atoms with Crippen LogP contribution < -0.4 is 5.32 Å². The topological polar surface area (TPSA) is 12.0 Å². The van der Waals surface area contributed by atoms with Crippen LogP contribution in [-0.4, -0.2) is 25.6 Å². The fourth-order valence-corrected chi connectivity index (χ4v) is 2.59. The van der Waals surface area contributed by atoms with Crippen molar-refractivity contribution in [2.24, 2.45) is 5.41 Å². The van der Waals surface area contributed by atoms with E-state index >= 15 is 0 Å². The van der Waals surface area contributed by atoms with Crippen molar-refractivity contribution >= 4 is 11.8 Å². The molecule has 1 rings (SSSR count). The molecule has 0 atom stereocenters. The summed E-state index contributed by atoms with van der Waals surface area (Å²) >= 11 is 1.97. The lowest BCUT2D eigenvalue weighted by molar-refractivity contribution is 0.119. The molecule has 1 aliphatic carbocycles. The van der Waals surface area contributed by atoms with E-state index in [0.29, 0.717) is 5.41 Å². The van der Waals surface area contributed by atoms with Gasteiger partial charge in [0.15, 0.2) is 0 Å². The van der Waals surface area contributed by atoms with Crippen LogP contribution in [0.25, 0.3) is 0 Å². The van der Waals surface area contributed by atoms with Gasteiger partial charge >= 0.3 is 0 Å². The van der Waals surface area contributed by atoms with Crippen molar-refractivity contribution in [3.05, 3.63) is 0 Å². The highest BCUT2D eigenvalue weighted by Crippen LogP contribution is 2.44. The largest absolute Gasteiger partial charge is 0.319 e. The van der Waals surface area contributed by atoms with Crippen LogP contribution in [0.1, 0.15) is 32.1 Å². The summed E-state index contributed by atoms with van der Waals surface area (Å²) in [6.07, 6.45) is 9.43. The zero-order chi connectivity index (χ0) is 8.86. The maximum absolute atomic E-state index is 3.33. The third-order valence-corrected chi connectivity index (χ3v) is 3.72. The van der Waals surface area contributed by atoms with E-state index in [9.17, 15) is 0 Å². The van der Waals surface area contributed by atoms with Crippen LogP contribution in [0.5, 0.6) is 0 Å². The maximum Gasteiger partial charge on any atom is 0.000481 e. The third-order valence-electron chi connectivity index (χ3n) is 3.02. The first-order chi connectivity index (χ1) is 5.83. The highest BCUT2D eigenvalue weighted by atomic mass is 32.2. The third kappa shape index (κ3) is 2.67. The van der Waals surface area contributed by atoms with E-state index in [1.165, 1.54) is 44.4 Å². The Balaban J connectivity index is 2.15. The first kappa shape index (κ1) is 10.4. The van der Waals surface area contributed by atoms with E-state index in [2.05, 4.69) is 18.6 Å². The summed E-state index contributed by atoms with van der Waals surface area (Å²) in [5.74, 6) is 1.34. The molecule has 1 N–H and O–H groups in total. The summed E-state index contributed by atoms with van der Waals surface area (Å²) < 4.78 is 0. The number of hydrogen-bond acceptors (Lipinski definition) is 2. The summed E-state index contributed by atoms with van der Waals surface area (Å²) in [5, 5.41) is 3.33. The molecule has 0 spiro atoms. The van der Waals surface area contributed by atoms with Crippen molar-refractivity contribution in [3.63, 3.8) is 0 Å². The average molecular weight is 187 g/mol. The summed E-state index contributed by atoms with van der Waals surface area (Å²) in [6, 6.07) is 0. The summed E-state index contributed by atoms with van der Waals surface area (Å²) in [7, 11) is 2.08. The van der Waals surface area contributed by atoms with Crippen molar-refractivity contribution in [1.29, 1.82) is 0 Å². The van der Waals surface area contributed by atoms with Gasteiger partial charge in [-0.15, -0.1) is 0 Å². The average Bonchev–Trinajstić information content (AvgIpc) is 2.00. The highest BCUT2D eigenvalue weighted by Gasteiger charge is 2.35. The monoisotopic (exact) mass is 187 g/mol. The molecule has 12 heavy (non-hydrogen) atoms. The first-order valence-electron chi connectivity index (χ1n) is 4.96. The highest BCUT2D eigenvalue weighted by molar-refractivity contribution is 7.98. The Morgan fingerprint density at radius 2 is 2.17 bits per heavy atom. The summed E-state index contributed by atoms with van der Waals surface area (Å²) in [4.78, 5) is 0. The molecule has 0 amide bonds. The number of hydrogen-bond donors (Lipinski definition) is 1. The van der Waals surface area contributed by atoms with E-state index in [1.54, 1.807) is 0 Å². The molecule has 0 saturated heterocycles. The molecular formula is C10H21NS. The Morgan fingerprint density at radius 3 is 2.58 bits per heavy atom. The van der Waals surface area contributed by atoms with Crippen LogP contribution in [0.15, 0.2) is 0 Å². The molecule has 0 radical (unpaired) electrons. The minimum Gasteiger partial charge on any atom is -0.319 e.